The minimum Gasteiger partial charge on any atom is -0.493 e. The van der Waals surface area contributed by atoms with Crippen LogP contribution in [0.4, 0.5) is 0 Å². The number of para-hydroxylation sites is 1. The SMILES string of the molecule is CCCOc1ccccc1C1CCOO1. The Morgan fingerprint density at radius 1 is 1.40 bits per heavy atom. The highest BCUT2D eigenvalue weighted by Crippen LogP contribution is 2.33. The van der Waals surface area contributed by atoms with E-state index in [2.05, 4.69) is 6.92 Å². The Morgan fingerprint density at radius 2 is 2.27 bits per heavy atom. The Balaban J connectivity index is 2.13. The van der Waals surface area contributed by atoms with E-state index in [1.165, 1.54) is 0 Å². The van der Waals surface area contributed by atoms with Crippen LogP contribution in [-0.2, 0) is 9.78 Å². The fourth-order valence-electron chi connectivity index (χ4n) is 1.63. The standard InChI is InChI=1S/C12H16O3/c1-2-8-13-11-6-4-3-5-10(11)12-7-9-14-15-12/h3-6,12H,2,7-9H2,1H3. The average molecular weight is 208 g/mol. The Hall–Kier alpha value is -1.06. The van der Waals surface area contributed by atoms with Gasteiger partial charge in [0, 0.05) is 12.0 Å². The molecule has 3 heteroatoms. The van der Waals surface area contributed by atoms with Crippen LogP contribution >= 0.6 is 0 Å². The van der Waals surface area contributed by atoms with Gasteiger partial charge < -0.3 is 4.74 Å². The van der Waals surface area contributed by atoms with Gasteiger partial charge in [0.15, 0.2) is 0 Å². The number of hydrogen-bond acceptors (Lipinski definition) is 3. The smallest absolute Gasteiger partial charge is 0.125 e. The Morgan fingerprint density at radius 3 is 3.00 bits per heavy atom. The predicted octanol–water partition coefficient (Wildman–Crippen LogP) is 2.87. The fraction of sp³-hybridized carbons (Fsp3) is 0.500. The maximum absolute atomic E-state index is 5.66. The molecule has 1 fully saturated rings. The van der Waals surface area contributed by atoms with Crippen LogP contribution in [0, 0.1) is 0 Å². The van der Waals surface area contributed by atoms with E-state index in [1.807, 2.05) is 24.3 Å². The molecule has 1 aromatic carbocycles. The number of rotatable bonds is 4. The third-order valence-electron chi connectivity index (χ3n) is 2.38. The van der Waals surface area contributed by atoms with Crippen molar-refractivity contribution < 1.29 is 14.5 Å². The topological polar surface area (TPSA) is 27.7 Å². The zero-order chi connectivity index (χ0) is 10.5. The summed E-state index contributed by atoms with van der Waals surface area (Å²) in [6.07, 6.45) is 1.93. The number of benzene rings is 1. The molecule has 1 aliphatic heterocycles. The molecule has 1 saturated heterocycles. The normalized spacial score (nSPS) is 20.5. The summed E-state index contributed by atoms with van der Waals surface area (Å²) >= 11 is 0. The Bertz CT molecular complexity index is 305. The van der Waals surface area contributed by atoms with Crippen LogP contribution in [-0.4, -0.2) is 13.2 Å². The molecule has 0 amide bonds. The highest BCUT2D eigenvalue weighted by Gasteiger charge is 2.22. The first-order valence-corrected chi connectivity index (χ1v) is 5.42. The molecule has 0 aliphatic carbocycles. The highest BCUT2D eigenvalue weighted by atomic mass is 17.2. The lowest BCUT2D eigenvalue weighted by atomic mass is 10.1. The van der Waals surface area contributed by atoms with Gasteiger partial charge in [0.25, 0.3) is 0 Å². The van der Waals surface area contributed by atoms with Crippen molar-refractivity contribution in [3.8, 4) is 5.75 Å². The highest BCUT2D eigenvalue weighted by molar-refractivity contribution is 5.35. The fourth-order valence-corrected chi connectivity index (χ4v) is 1.63. The van der Waals surface area contributed by atoms with Crippen LogP contribution in [0.2, 0.25) is 0 Å². The summed E-state index contributed by atoms with van der Waals surface area (Å²) in [5, 5.41) is 0. The summed E-state index contributed by atoms with van der Waals surface area (Å²) < 4.78 is 5.66. The van der Waals surface area contributed by atoms with Gasteiger partial charge in [-0.05, 0) is 12.5 Å². The lowest BCUT2D eigenvalue weighted by Gasteiger charge is -2.13. The van der Waals surface area contributed by atoms with Crippen LogP contribution in [0.25, 0.3) is 0 Å². The number of hydrogen-bond donors (Lipinski definition) is 0. The van der Waals surface area contributed by atoms with Gasteiger partial charge in [0.2, 0.25) is 0 Å². The van der Waals surface area contributed by atoms with Gasteiger partial charge in [0.05, 0.1) is 13.2 Å². The second kappa shape index (κ2) is 5.14. The van der Waals surface area contributed by atoms with Crippen molar-refractivity contribution in [3.05, 3.63) is 29.8 Å². The second-order valence-electron chi connectivity index (χ2n) is 3.58. The molecule has 0 N–H and O–H groups in total. The quantitative estimate of drug-likeness (QED) is 0.712. The first kappa shape index (κ1) is 10.5. The molecule has 0 radical (unpaired) electrons. The maximum atomic E-state index is 5.66. The van der Waals surface area contributed by atoms with E-state index < -0.39 is 0 Å². The molecule has 1 aromatic rings. The second-order valence-corrected chi connectivity index (χ2v) is 3.58. The minimum atomic E-state index is 0.0260. The van der Waals surface area contributed by atoms with Crippen LogP contribution in [0.15, 0.2) is 24.3 Å². The summed E-state index contributed by atoms with van der Waals surface area (Å²) in [5.41, 5.74) is 1.09. The molecular formula is C12H16O3. The molecule has 0 saturated carbocycles. The van der Waals surface area contributed by atoms with Gasteiger partial charge in [-0.15, -0.1) is 0 Å². The molecule has 82 valence electrons. The zero-order valence-electron chi connectivity index (χ0n) is 8.94. The lowest BCUT2D eigenvalue weighted by molar-refractivity contribution is -0.276. The maximum Gasteiger partial charge on any atom is 0.125 e. The first-order chi connectivity index (χ1) is 7.42. The van der Waals surface area contributed by atoms with Crippen LogP contribution < -0.4 is 4.74 Å². The van der Waals surface area contributed by atoms with E-state index in [0.717, 1.165) is 30.8 Å². The minimum absolute atomic E-state index is 0.0260. The summed E-state index contributed by atoms with van der Waals surface area (Å²) in [7, 11) is 0. The van der Waals surface area contributed by atoms with Gasteiger partial charge in [-0.1, -0.05) is 25.1 Å². The average Bonchev–Trinajstić information content (AvgIpc) is 2.80. The van der Waals surface area contributed by atoms with Gasteiger partial charge in [-0.3, -0.25) is 0 Å². The van der Waals surface area contributed by atoms with Gasteiger partial charge in [-0.25, -0.2) is 9.78 Å². The first-order valence-electron chi connectivity index (χ1n) is 5.42. The van der Waals surface area contributed by atoms with Gasteiger partial charge in [0.1, 0.15) is 11.9 Å². The molecule has 3 nitrogen and oxygen atoms in total. The summed E-state index contributed by atoms with van der Waals surface area (Å²) in [4.78, 5) is 10.1. The molecule has 1 aliphatic rings. The molecule has 0 bridgehead atoms. The van der Waals surface area contributed by atoms with Crippen molar-refractivity contribution in [1.29, 1.82) is 0 Å². The zero-order valence-corrected chi connectivity index (χ0v) is 8.94. The Labute approximate surface area is 89.9 Å². The van der Waals surface area contributed by atoms with E-state index in [0.29, 0.717) is 6.61 Å². The third kappa shape index (κ3) is 2.49. The third-order valence-corrected chi connectivity index (χ3v) is 2.38. The van der Waals surface area contributed by atoms with E-state index in [4.69, 9.17) is 14.5 Å². The largest absolute Gasteiger partial charge is 0.493 e. The van der Waals surface area contributed by atoms with E-state index >= 15 is 0 Å². The van der Waals surface area contributed by atoms with E-state index in [9.17, 15) is 0 Å². The van der Waals surface area contributed by atoms with Crippen molar-refractivity contribution in [1.82, 2.24) is 0 Å². The van der Waals surface area contributed by atoms with Crippen LogP contribution in [0.1, 0.15) is 31.4 Å². The van der Waals surface area contributed by atoms with Gasteiger partial charge in [-0.2, -0.15) is 0 Å². The monoisotopic (exact) mass is 208 g/mol. The Kier molecular flexibility index (Phi) is 3.59. The molecule has 1 heterocycles. The molecule has 1 unspecified atom stereocenters. The molecule has 0 aromatic heterocycles. The van der Waals surface area contributed by atoms with E-state index in [-0.39, 0.29) is 6.10 Å². The summed E-state index contributed by atoms with van der Waals surface area (Å²) in [6, 6.07) is 7.98. The van der Waals surface area contributed by atoms with Crippen molar-refractivity contribution >= 4 is 0 Å². The van der Waals surface area contributed by atoms with Crippen molar-refractivity contribution in [2.75, 3.05) is 13.2 Å². The molecule has 15 heavy (non-hydrogen) atoms. The summed E-state index contributed by atoms with van der Waals surface area (Å²) in [5.74, 6) is 0.912. The van der Waals surface area contributed by atoms with Crippen LogP contribution in [0.5, 0.6) is 5.75 Å². The van der Waals surface area contributed by atoms with Crippen molar-refractivity contribution in [2.45, 2.75) is 25.9 Å². The molecule has 2 rings (SSSR count). The molecular weight excluding hydrogens is 192 g/mol. The van der Waals surface area contributed by atoms with Crippen molar-refractivity contribution in [2.24, 2.45) is 0 Å². The predicted molar refractivity (Wildman–Crippen MR) is 56.6 cm³/mol. The molecule has 0 spiro atoms. The van der Waals surface area contributed by atoms with Gasteiger partial charge >= 0.3 is 0 Å². The molecule has 1 atom stereocenters. The summed E-state index contributed by atoms with van der Waals surface area (Å²) in [6.45, 7) is 3.50. The van der Waals surface area contributed by atoms with E-state index in [1.54, 1.807) is 0 Å². The van der Waals surface area contributed by atoms with Crippen LogP contribution in [0.3, 0.4) is 0 Å². The number of ether oxygens (including phenoxy) is 1. The lowest BCUT2D eigenvalue weighted by Crippen LogP contribution is -2.02. The van der Waals surface area contributed by atoms with Crippen molar-refractivity contribution in [3.63, 3.8) is 0 Å².